The number of fused-ring (bicyclic) bond motifs is 1. The average Bonchev–Trinajstić information content (AvgIpc) is 2.95. The van der Waals surface area contributed by atoms with E-state index < -0.39 is 0 Å². The molecule has 10 heteroatoms. The van der Waals surface area contributed by atoms with Crippen molar-refractivity contribution in [1.82, 2.24) is 15.0 Å². The number of nitrogens with two attached hydrogens (primary N) is 1. The molecule has 38 heavy (non-hydrogen) atoms. The molecule has 0 fully saturated rings. The van der Waals surface area contributed by atoms with Crippen LogP contribution < -0.4 is 10.5 Å². The first kappa shape index (κ1) is 26.3. The number of pyridine rings is 1. The van der Waals surface area contributed by atoms with E-state index in [0.717, 1.165) is 27.8 Å². The predicted octanol–water partition coefficient (Wildman–Crippen LogP) is 6.53. The Morgan fingerprint density at radius 1 is 0.895 bits per heavy atom. The van der Waals surface area contributed by atoms with E-state index in [2.05, 4.69) is 15.0 Å². The van der Waals surface area contributed by atoms with Crippen LogP contribution in [0.5, 0.6) is 17.2 Å². The highest BCUT2D eigenvalue weighted by Gasteiger charge is 2.06. The lowest BCUT2D eigenvalue weighted by atomic mass is 10.1. The summed E-state index contributed by atoms with van der Waals surface area (Å²) in [4.78, 5) is 13.5. The van der Waals surface area contributed by atoms with E-state index in [1.54, 1.807) is 54.9 Å². The molecule has 0 aliphatic heterocycles. The Morgan fingerprint density at radius 2 is 1.61 bits per heavy atom. The molecular formula is C28H22FN5O3S. The van der Waals surface area contributed by atoms with E-state index in [4.69, 9.17) is 20.4 Å². The zero-order chi connectivity index (χ0) is 26.9. The Balaban J connectivity index is 0.000000186. The van der Waals surface area contributed by atoms with Crippen molar-refractivity contribution >= 4 is 34.9 Å². The average molecular weight is 528 g/mol. The minimum atomic E-state index is -0.292. The highest BCUT2D eigenvalue weighted by molar-refractivity contribution is 7.93. The number of nitrogens with zero attached hydrogens (tertiary/aromatic N) is 3. The van der Waals surface area contributed by atoms with Crippen molar-refractivity contribution in [2.24, 2.45) is 5.73 Å². The number of rotatable bonds is 6. The van der Waals surface area contributed by atoms with Crippen LogP contribution in [0.25, 0.3) is 27.7 Å². The fraction of sp³-hybridized carbons (Fsp3) is 0. The molecule has 0 bridgehead atoms. The van der Waals surface area contributed by atoms with Gasteiger partial charge in [0.2, 0.25) is 0 Å². The summed E-state index contributed by atoms with van der Waals surface area (Å²) in [6.45, 7) is 0. The molecule has 2 aromatic heterocycles. The number of nitrogens with one attached hydrogen (secondary N) is 1. The van der Waals surface area contributed by atoms with Gasteiger partial charge in [-0.15, -0.1) is 0 Å². The molecule has 2 heterocycles. The van der Waals surface area contributed by atoms with Gasteiger partial charge in [0.15, 0.2) is 0 Å². The number of hydrogen-bond acceptors (Lipinski definition) is 9. The highest BCUT2D eigenvalue weighted by Crippen LogP contribution is 2.26. The van der Waals surface area contributed by atoms with Crippen LogP contribution in [-0.2, 0) is 0 Å². The van der Waals surface area contributed by atoms with Gasteiger partial charge in [-0.3, -0.25) is 9.97 Å². The second kappa shape index (κ2) is 12.4. The number of benzene rings is 3. The fourth-order valence-corrected chi connectivity index (χ4v) is 3.59. The number of hydrogen-bond donors (Lipinski definition) is 4. The van der Waals surface area contributed by atoms with E-state index in [0.29, 0.717) is 40.3 Å². The Kier molecular flexibility index (Phi) is 8.60. The normalized spacial score (nSPS) is 10.9. The summed E-state index contributed by atoms with van der Waals surface area (Å²) >= 11 is 0.681. The van der Waals surface area contributed by atoms with Crippen LogP contribution >= 0.6 is 12.0 Å². The Labute approximate surface area is 222 Å². The molecule has 5 N–H and O–H groups in total. The molecule has 0 radical (unpaired) electrons. The van der Waals surface area contributed by atoms with Gasteiger partial charge in [0, 0.05) is 46.7 Å². The summed E-state index contributed by atoms with van der Waals surface area (Å²) in [6.07, 6.45) is 7.10. The van der Waals surface area contributed by atoms with Crippen molar-refractivity contribution in [3.05, 3.63) is 109 Å². The maximum Gasteiger partial charge on any atom is 0.134 e. The van der Waals surface area contributed by atoms with Crippen molar-refractivity contribution < 1.29 is 18.8 Å². The summed E-state index contributed by atoms with van der Waals surface area (Å²) in [5.41, 5.74) is 9.59. The Bertz CT molecular complexity index is 1580. The third kappa shape index (κ3) is 6.69. The largest absolute Gasteiger partial charge is 0.506 e. The molecule has 3 aromatic carbocycles. The lowest BCUT2D eigenvalue weighted by Gasteiger charge is -2.05. The summed E-state index contributed by atoms with van der Waals surface area (Å²) in [6, 6.07) is 20.0. The smallest absolute Gasteiger partial charge is 0.134 e. The molecular weight excluding hydrogens is 505 g/mol. The minimum Gasteiger partial charge on any atom is -0.506 e. The topological polar surface area (TPSA) is 138 Å². The number of ether oxygens (including phenoxy) is 1. The van der Waals surface area contributed by atoms with Gasteiger partial charge in [-0.05, 0) is 72.3 Å². The van der Waals surface area contributed by atoms with Crippen LogP contribution in [0, 0.1) is 11.2 Å². The van der Waals surface area contributed by atoms with Crippen LogP contribution in [0.1, 0.15) is 5.69 Å². The molecule has 0 aliphatic carbocycles. The Morgan fingerprint density at radius 3 is 2.24 bits per heavy atom. The highest BCUT2D eigenvalue weighted by atomic mass is 32.2. The summed E-state index contributed by atoms with van der Waals surface area (Å²) in [5.74, 6) is 1.03. The molecule has 0 unspecified atom stereocenters. The van der Waals surface area contributed by atoms with Crippen molar-refractivity contribution in [2.75, 3.05) is 0 Å². The van der Waals surface area contributed by atoms with E-state index in [1.165, 1.54) is 24.5 Å². The van der Waals surface area contributed by atoms with Crippen molar-refractivity contribution in [1.29, 1.82) is 5.41 Å². The number of halogens is 1. The van der Waals surface area contributed by atoms with Crippen molar-refractivity contribution in [2.45, 2.75) is 4.90 Å². The number of aromatic nitrogens is 3. The lowest BCUT2D eigenvalue weighted by Crippen LogP contribution is -1.96. The van der Waals surface area contributed by atoms with Gasteiger partial charge >= 0.3 is 0 Å². The molecule has 0 saturated heterocycles. The second-order valence-corrected chi connectivity index (χ2v) is 8.43. The van der Waals surface area contributed by atoms with Gasteiger partial charge in [0.25, 0.3) is 0 Å². The van der Waals surface area contributed by atoms with Gasteiger partial charge in [-0.25, -0.2) is 9.37 Å². The number of allylic oxidation sites excluding steroid dienone is 1. The van der Waals surface area contributed by atoms with Crippen LogP contribution in [0.15, 0.2) is 102 Å². The standard InChI is InChI=1S/C16H13N5O.C12H9FO2S/c17-5-12(6-18)16-9-20-14-2-1-10(4-15(14)21-16)11-3-13(22)8-19-7-11;13-9-1-3-10(4-2-9)15-11-5-7-12(16-14)8-6-11/h1-9,17,22H,18H2;1-8,14H/b12-6+,17-5?;. The van der Waals surface area contributed by atoms with Crippen LogP contribution in [-0.4, -0.2) is 30.8 Å². The first-order valence-corrected chi connectivity index (χ1v) is 11.9. The minimum absolute atomic E-state index is 0.106. The zero-order valence-corrected chi connectivity index (χ0v) is 20.6. The third-order valence-electron chi connectivity index (χ3n) is 5.21. The fourth-order valence-electron chi connectivity index (χ4n) is 3.33. The zero-order valence-electron chi connectivity index (χ0n) is 19.8. The maximum absolute atomic E-state index is 12.6. The van der Waals surface area contributed by atoms with Gasteiger partial charge in [-0.1, -0.05) is 6.07 Å². The summed E-state index contributed by atoms with van der Waals surface area (Å²) < 4.78 is 26.9. The third-order valence-corrected chi connectivity index (χ3v) is 5.69. The first-order chi connectivity index (χ1) is 18.5. The number of aromatic hydroxyl groups is 1. The Hall–Kier alpha value is -4.80. The lowest BCUT2D eigenvalue weighted by molar-refractivity contribution is 0.473. The molecule has 0 spiro atoms. The molecule has 0 saturated carbocycles. The summed E-state index contributed by atoms with van der Waals surface area (Å²) in [5, 5.41) is 16.9. The second-order valence-electron chi connectivity index (χ2n) is 7.78. The summed E-state index contributed by atoms with van der Waals surface area (Å²) in [7, 11) is 0. The van der Waals surface area contributed by atoms with E-state index in [-0.39, 0.29) is 11.6 Å². The van der Waals surface area contributed by atoms with E-state index >= 15 is 0 Å². The van der Waals surface area contributed by atoms with E-state index in [1.807, 2.05) is 18.2 Å². The van der Waals surface area contributed by atoms with Gasteiger partial charge in [0.1, 0.15) is 23.1 Å². The van der Waals surface area contributed by atoms with Crippen molar-refractivity contribution in [3.63, 3.8) is 0 Å². The monoisotopic (exact) mass is 527 g/mol. The quantitative estimate of drug-likeness (QED) is 0.144. The van der Waals surface area contributed by atoms with E-state index in [9.17, 15) is 9.50 Å². The molecule has 0 amide bonds. The molecule has 5 aromatic rings. The first-order valence-electron chi connectivity index (χ1n) is 11.2. The van der Waals surface area contributed by atoms with Crippen LogP contribution in [0.2, 0.25) is 0 Å². The predicted molar refractivity (Wildman–Crippen MR) is 147 cm³/mol. The van der Waals surface area contributed by atoms with Gasteiger partial charge < -0.3 is 25.5 Å². The SMILES string of the molecule is N=C/C(=C\N)c1cnc2ccc(-c3cncc(O)c3)cc2n1.OSc1ccc(Oc2ccc(F)cc2)cc1. The molecule has 190 valence electrons. The van der Waals surface area contributed by atoms with Crippen LogP contribution in [0.4, 0.5) is 4.39 Å². The van der Waals surface area contributed by atoms with Gasteiger partial charge in [-0.2, -0.15) is 0 Å². The molecule has 0 atom stereocenters. The van der Waals surface area contributed by atoms with Gasteiger partial charge in [0.05, 0.1) is 29.1 Å². The molecule has 8 nitrogen and oxygen atoms in total. The van der Waals surface area contributed by atoms with Crippen LogP contribution in [0.3, 0.4) is 0 Å². The van der Waals surface area contributed by atoms with Crippen molar-refractivity contribution in [3.8, 4) is 28.4 Å². The molecule has 0 aliphatic rings. The maximum atomic E-state index is 12.6. The molecule has 5 rings (SSSR count).